The molecule has 0 spiro atoms. The summed E-state index contributed by atoms with van der Waals surface area (Å²) in [6, 6.07) is 3.34. The van der Waals surface area contributed by atoms with Crippen LogP contribution in [0.4, 0.5) is 0 Å². The van der Waals surface area contributed by atoms with Crippen molar-refractivity contribution in [3.05, 3.63) is 0 Å². The molecule has 0 aromatic carbocycles. The fourth-order valence-corrected chi connectivity index (χ4v) is 4.22. The van der Waals surface area contributed by atoms with Crippen molar-refractivity contribution in [2.75, 3.05) is 6.61 Å². The van der Waals surface area contributed by atoms with Crippen LogP contribution in [0.15, 0.2) is 0 Å². The first-order valence-corrected chi connectivity index (χ1v) is 9.76. The SMILES string of the molecule is C[Si](C)(CCCC#N)OCC1CCCCC1. The fraction of sp³-hybridized carbons (Fsp3) is 0.923. The van der Waals surface area contributed by atoms with Crippen molar-refractivity contribution in [3.8, 4) is 6.07 Å². The molecule has 0 radical (unpaired) electrons. The van der Waals surface area contributed by atoms with E-state index in [-0.39, 0.29) is 0 Å². The molecule has 1 aliphatic rings. The highest BCUT2D eigenvalue weighted by Crippen LogP contribution is 2.25. The number of rotatable bonds is 6. The van der Waals surface area contributed by atoms with Crippen LogP contribution < -0.4 is 0 Å². The number of nitrogens with zero attached hydrogens (tertiary/aromatic N) is 1. The van der Waals surface area contributed by atoms with E-state index in [2.05, 4.69) is 19.2 Å². The lowest BCUT2D eigenvalue weighted by molar-refractivity contribution is 0.201. The average Bonchev–Trinajstić information content (AvgIpc) is 2.28. The zero-order valence-corrected chi connectivity index (χ0v) is 11.8. The van der Waals surface area contributed by atoms with E-state index in [0.29, 0.717) is 6.42 Å². The molecular weight excluding hydrogens is 214 g/mol. The summed E-state index contributed by atoms with van der Waals surface area (Å²) in [6.07, 6.45) is 8.63. The maximum atomic E-state index is 8.52. The Morgan fingerprint density at radius 2 is 1.94 bits per heavy atom. The molecule has 0 unspecified atom stereocenters. The zero-order valence-electron chi connectivity index (χ0n) is 10.8. The standard InChI is InChI=1S/C13H25NOSi/c1-16(2,11-7-6-10-14)15-12-13-8-4-3-5-9-13/h13H,3-9,11-12H2,1-2H3. The zero-order chi connectivity index (χ0) is 11.9. The third kappa shape index (κ3) is 5.67. The van der Waals surface area contributed by atoms with Crippen molar-refractivity contribution in [2.45, 2.75) is 64.1 Å². The summed E-state index contributed by atoms with van der Waals surface area (Å²) < 4.78 is 6.14. The van der Waals surface area contributed by atoms with Crippen molar-refractivity contribution in [3.63, 3.8) is 0 Å². The molecular formula is C13H25NOSi. The Morgan fingerprint density at radius 1 is 1.25 bits per heavy atom. The summed E-state index contributed by atoms with van der Waals surface area (Å²) >= 11 is 0. The van der Waals surface area contributed by atoms with Crippen LogP contribution in [0.1, 0.15) is 44.9 Å². The van der Waals surface area contributed by atoms with E-state index in [0.717, 1.165) is 25.0 Å². The van der Waals surface area contributed by atoms with Gasteiger partial charge in [0, 0.05) is 13.0 Å². The number of unbranched alkanes of at least 4 members (excludes halogenated alkanes) is 1. The molecule has 3 heteroatoms. The van der Waals surface area contributed by atoms with Crippen LogP contribution in [-0.2, 0) is 4.43 Å². The highest BCUT2D eigenvalue weighted by Gasteiger charge is 2.24. The summed E-state index contributed by atoms with van der Waals surface area (Å²) in [7, 11) is -1.48. The predicted octanol–water partition coefficient (Wildman–Crippen LogP) is 4.09. The van der Waals surface area contributed by atoms with Crippen LogP contribution in [0.2, 0.25) is 19.1 Å². The Labute approximate surface area is 101 Å². The lowest BCUT2D eigenvalue weighted by atomic mass is 9.90. The van der Waals surface area contributed by atoms with Gasteiger partial charge in [0.15, 0.2) is 8.32 Å². The first-order valence-electron chi connectivity index (χ1n) is 6.65. The Bertz CT molecular complexity index is 229. The van der Waals surface area contributed by atoms with Crippen molar-refractivity contribution in [1.82, 2.24) is 0 Å². The molecule has 1 saturated carbocycles. The van der Waals surface area contributed by atoms with Gasteiger partial charge in [0.1, 0.15) is 0 Å². The van der Waals surface area contributed by atoms with Crippen LogP contribution >= 0.6 is 0 Å². The molecule has 0 N–H and O–H groups in total. The highest BCUT2D eigenvalue weighted by molar-refractivity contribution is 6.71. The molecule has 92 valence electrons. The second-order valence-corrected chi connectivity index (χ2v) is 9.89. The van der Waals surface area contributed by atoms with Crippen LogP contribution in [-0.4, -0.2) is 14.9 Å². The second-order valence-electron chi connectivity index (χ2n) is 5.59. The topological polar surface area (TPSA) is 33.0 Å². The third-order valence-electron chi connectivity index (χ3n) is 3.50. The largest absolute Gasteiger partial charge is 0.417 e. The summed E-state index contributed by atoms with van der Waals surface area (Å²) in [6.45, 7) is 5.55. The predicted molar refractivity (Wildman–Crippen MR) is 69.7 cm³/mol. The van der Waals surface area contributed by atoms with Crippen molar-refractivity contribution < 1.29 is 4.43 Å². The molecule has 0 aliphatic heterocycles. The molecule has 0 aromatic heterocycles. The third-order valence-corrected chi connectivity index (χ3v) is 6.01. The van der Waals surface area contributed by atoms with Crippen molar-refractivity contribution in [2.24, 2.45) is 5.92 Å². The maximum Gasteiger partial charge on any atom is 0.186 e. The number of hydrogen-bond acceptors (Lipinski definition) is 2. The van der Waals surface area contributed by atoms with Gasteiger partial charge in [-0.3, -0.25) is 0 Å². The van der Waals surface area contributed by atoms with Gasteiger partial charge in [-0.05, 0) is 44.3 Å². The van der Waals surface area contributed by atoms with Gasteiger partial charge in [0.05, 0.1) is 6.07 Å². The average molecular weight is 239 g/mol. The Hall–Kier alpha value is -0.333. The minimum absolute atomic E-state index is 0.684. The lowest BCUT2D eigenvalue weighted by Crippen LogP contribution is -2.32. The highest BCUT2D eigenvalue weighted by atomic mass is 28.4. The molecule has 0 bridgehead atoms. The van der Waals surface area contributed by atoms with Gasteiger partial charge in [-0.1, -0.05) is 19.3 Å². The fourth-order valence-electron chi connectivity index (χ4n) is 2.36. The van der Waals surface area contributed by atoms with Gasteiger partial charge in [0.25, 0.3) is 0 Å². The monoisotopic (exact) mass is 239 g/mol. The molecule has 1 rings (SSSR count). The summed E-state index contributed by atoms with van der Waals surface area (Å²) in [5, 5.41) is 8.52. The van der Waals surface area contributed by atoms with E-state index in [1.165, 1.54) is 32.1 Å². The minimum atomic E-state index is -1.48. The Morgan fingerprint density at radius 3 is 2.56 bits per heavy atom. The van der Waals surface area contributed by atoms with Gasteiger partial charge in [-0.25, -0.2) is 0 Å². The maximum absolute atomic E-state index is 8.52. The van der Waals surface area contributed by atoms with Crippen LogP contribution in [0.3, 0.4) is 0 Å². The van der Waals surface area contributed by atoms with E-state index >= 15 is 0 Å². The molecule has 0 saturated heterocycles. The quantitative estimate of drug-likeness (QED) is 0.516. The first-order chi connectivity index (χ1) is 7.64. The van der Waals surface area contributed by atoms with Gasteiger partial charge >= 0.3 is 0 Å². The molecule has 1 aliphatic carbocycles. The van der Waals surface area contributed by atoms with Gasteiger partial charge < -0.3 is 4.43 Å². The Kier molecular flexibility index (Phi) is 6.08. The second kappa shape index (κ2) is 7.08. The molecule has 16 heavy (non-hydrogen) atoms. The molecule has 0 heterocycles. The minimum Gasteiger partial charge on any atom is -0.417 e. The summed E-state index contributed by atoms with van der Waals surface area (Å²) in [5.41, 5.74) is 0. The van der Waals surface area contributed by atoms with E-state index in [4.69, 9.17) is 9.69 Å². The summed E-state index contributed by atoms with van der Waals surface area (Å²) in [5.74, 6) is 0.816. The molecule has 0 amide bonds. The van der Waals surface area contributed by atoms with Crippen molar-refractivity contribution >= 4 is 8.32 Å². The number of hydrogen-bond donors (Lipinski definition) is 0. The van der Waals surface area contributed by atoms with E-state index in [1.807, 2.05) is 0 Å². The van der Waals surface area contributed by atoms with Crippen LogP contribution in [0.5, 0.6) is 0 Å². The molecule has 0 aromatic rings. The molecule has 2 nitrogen and oxygen atoms in total. The molecule has 0 atom stereocenters. The Balaban J connectivity index is 2.16. The van der Waals surface area contributed by atoms with E-state index in [1.54, 1.807) is 0 Å². The summed E-state index contributed by atoms with van der Waals surface area (Å²) in [4.78, 5) is 0. The van der Waals surface area contributed by atoms with Crippen molar-refractivity contribution in [1.29, 1.82) is 5.26 Å². The van der Waals surface area contributed by atoms with Crippen LogP contribution in [0, 0.1) is 17.2 Å². The lowest BCUT2D eigenvalue weighted by Gasteiger charge is -2.28. The number of nitriles is 1. The molecule has 1 fully saturated rings. The van der Waals surface area contributed by atoms with Gasteiger partial charge in [-0.2, -0.15) is 5.26 Å². The van der Waals surface area contributed by atoms with Crippen LogP contribution in [0.25, 0.3) is 0 Å². The first kappa shape index (κ1) is 13.7. The van der Waals surface area contributed by atoms with E-state index in [9.17, 15) is 0 Å². The van der Waals surface area contributed by atoms with E-state index < -0.39 is 8.32 Å². The van der Waals surface area contributed by atoms with Gasteiger partial charge in [0.2, 0.25) is 0 Å². The van der Waals surface area contributed by atoms with Gasteiger partial charge in [-0.15, -0.1) is 0 Å². The normalized spacial score (nSPS) is 18.3. The smallest absolute Gasteiger partial charge is 0.186 e.